The van der Waals surface area contributed by atoms with Crippen LogP contribution in [-0.2, 0) is 6.42 Å². The van der Waals surface area contributed by atoms with Crippen LogP contribution in [0.25, 0.3) is 0 Å². The standard InChI is InChI=1S/C14H19FN2/c1-3-14(8-9-16)17-11(2)10-12-4-6-13(15)7-5-12/h4-7,11,14,17H,3,8,10H2,1-2H3. The van der Waals surface area contributed by atoms with E-state index in [1.807, 2.05) is 0 Å². The Hall–Kier alpha value is -1.40. The van der Waals surface area contributed by atoms with Gasteiger partial charge in [-0.15, -0.1) is 0 Å². The van der Waals surface area contributed by atoms with Gasteiger partial charge in [0.15, 0.2) is 0 Å². The average Bonchev–Trinajstić information content (AvgIpc) is 2.31. The highest BCUT2D eigenvalue weighted by molar-refractivity contribution is 5.17. The second-order valence-corrected chi connectivity index (χ2v) is 4.37. The molecule has 0 fully saturated rings. The molecule has 0 aliphatic carbocycles. The molecule has 0 saturated heterocycles. The van der Waals surface area contributed by atoms with Crippen molar-refractivity contribution in [3.05, 3.63) is 35.6 Å². The average molecular weight is 234 g/mol. The highest BCUT2D eigenvalue weighted by Gasteiger charge is 2.10. The summed E-state index contributed by atoms with van der Waals surface area (Å²) in [6, 6.07) is 9.29. The molecule has 2 unspecified atom stereocenters. The van der Waals surface area contributed by atoms with E-state index in [0.29, 0.717) is 12.5 Å². The second-order valence-electron chi connectivity index (χ2n) is 4.37. The molecule has 0 aromatic heterocycles. The molecule has 0 amide bonds. The number of nitrogens with zero attached hydrogens (tertiary/aromatic N) is 1. The Morgan fingerprint density at radius 1 is 1.35 bits per heavy atom. The van der Waals surface area contributed by atoms with Crippen molar-refractivity contribution in [2.45, 2.75) is 45.2 Å². The molecular weight excluding hydrogens is 215 g/mol. The van der Waals surface area contributed by atoms with Crippen molar-refractivity contribution in [1.29, 1.82) is 5.26 Å². The smallest absolute Gasteiger partial charge is 0.123 e. The first-order valence-electron chi connectivity index (χ1n) is 6.03. The number of benzene rings is 1. The van der Waals surface area contributed by atoms with E-state index in [2.05, 4.69) is 25.2 Å². The van der Waals surface area contributed by atoms with Crippen LogP contribution in [0.5, 0.6) is 0 Å². The van der Waals surface area contributed by atoms with Crippen LogP contribution in [0.1, 0.15) is 32.3 Å². The zero-order valence-electron chi connectivity index (χ0n) is 10.4. The maximum atomic E-state index is 12.7. The van der Waals surface area contributed by atoms with Crippen molar-refractivity contribution in [2.75, 3.05) is 0 Å². The van der Waals surface area contributed by atoms with Crippen molar-refractivity contribution < 1.29 is 4.39 Å². The summed E-state index contributed by atoms with van der Waals surface area (Å²) in [6.07, 6.45) is 2.33. The quantitative estimate of drug-likeness (QED) is 0.821. The highest BCUT2D eigenvalue weighted by atomic mass is 19.1. The summed E-state index contributed by atoms with van der Waals surface area (Å²) < 4.78 is 12.7. The lowest BCUT2D eigenvalue weighted by atomic mass is 10.0. The summed E-state index contributed by atoms with van der Waals surface area (Å²) in [5.41, 5.74) is 1.11. The predicted octanol–water partition coefficient (Wildman–Crippen LogP) is 3.04. The van der Waals surface area contributed by atoms with Crippen LogP contribution >= 0.6 is 0 Å². The number of nitriles is 1. The lowest BCUT2D eigenvalue weighted by Crippen LogP contribution is -2.37. The third kappa shape index (κ3) is 4.97. The molecule has 1 rings (SSSR count). The Labute approximate surface area is 102 Å². The summed E-state index contributed by atoms with van der Waals surface area (Å²) in [5, 5.41) is 12.1. The molecule has 0 aliphatic rings. The first kappa shape index (κ1) is 13.7. The SMILES string of the molecule is CCC(CC#N)NC(C)Cc1ccc(F)cc1. The molecule has 0 heterocycles. The van der Waals surface area contributed by atoms with Crippen LogP contribution in [0, 0.1) is 17.1 Å². The number of hydrogen-bond donors (Lipinski definition) is 1. The van der Waals surface area contributed by atoms with Gasteiger partial charge in [-0.25, -0.2) is 4.39 Å². The highest BCUT2D eigenvalue weighted by Crippen LogP contribution is 2.07. The van der Waals surface area contributed by atoms with Crippen LogP contribution in [0.4, 0.5) is 4.39 Å². The third-order valence-electron chi connectivity index (χ3n) is 2.81. The van der Waals surface area contributed by atoms with Gasteiger partial charge in [0.05, 0.1) is 12.5 Å². The predicted molar refractivity (Wildman–Crippen MR) is 67.0 cm³/mol. The summed E-state index contributed by atoms with van der Waals surface area (Å²) in [6.45, 7) is 4.16. The van der Waals surface area contributed by atoms with Gasteiger partial charge in [-0.2, -0.15) is 5.26 Å². The molecule has 0 aliphatic heterocycles. The van der Waals surface area contributed by atoms with E-state index in [9.17, 15) is 4.39 Å². The van der Waals surface area contributed by atoms with E-state index in [1.165, 1.54) is 12.1 Å². The van der Waals surface area contributed by atoms with E-state index in [4.69, 9.17) is 5.26 Å². The summed E-state index contributed by atoms with van der Waals surface area (Å²) in [4.78, 5) is 0. The Kier molecular flexibility index (Phi) is 5.65. The molecule has 92 valence electrons. The lowest BCUT2D eigenvalue weighted by molar-refractivity contribution is 0.436. The molecule has 1 aromatic carbocycles. The zero-order chi connectivity index (χ0) is 12.7. The van der Waals surface area contributed by atoms with Crippen LogP contribution < -0.4 is 5.32 Å². The molecule has 0 saturated carbocycles. The molecule has 2 atom stereocenters. The summed E-state index contributed by atoms with van der Waals surface area (Å²) >= 11 is 0. The molecule has 17 heavy (non-hydrogen) atoms. The van der Waals surface area contributed by atoms with Crippen LogP contribution in [-0.4, -0.2) is 12.1 Å². The Balaban J connectivity index is 2.46. The lowest BCUT2D eigenvalue weighted by Gasteiger charge is -2.20. The molecule has 1 aromatic rings. The largest absolute Gasteiger partial charge is 0.310 e. The van der Waals surface area contributed by atoms with E-state index < -0.39 is 0 Å². The van der Waals surface area contributed by atoms with Gasteiger partial charge in [-0.05, 0) is 37.5 Å². The van der Waals surface area contributed by atoms with Gasteiger partial charge in [0.1, 0.15) is 5.82 Å². The molecule has 1 N–H and O–H groups in total. The van der Waals surface area contributed by atoms with Crippen molar-refractivity contribution in [3.8, 4) is 6.07 Å². The van der Waals surface area contributed by atoms with Crippen molar-refractivity contribution in [2.24, 2.45) is 0 Å². The fourth-order valence-electron chi connectivity index (χ4n) is 1.87. The number of halogens is 1. The summed E-state index contributed by atoms with van der Waals surface area (Å²) in [5.74, 6) is -0.203. The Morgan fingerprint density at radius 3 is 2.53 bits per heavy atom. The monoisotopic (exact) mass is 234 g/mol. The van der Waals surface area contributed by atoms with Gasteiger partial charge >= 0.3 is 0 Å². The second kappa shape index (κ2) is 7.03. The molecule has 3 heteroatoms. The molecule has 2 nitrogen and oxygen atoms in total. The zero-order valence-corrected chi connectivity index (χ0v) is 10.4. The fraction of sp³-hybridized carbons (Fsp3) is 0.500. The van der Waals surface area contributed by atoms with E-state index in [-0.39, 0.29) is 11.9 Å². The van der Waals surface area contributed by atoms with Gasteiger partial charge in [0.25, 0.3) is 0 Å². The van der Waals surface area contributed by atoms with Crippen LogP contribution in [0.15, 0.2) is 24.3 Å². The van der Waals surface area contributed by atoms with E-state index >= 15 is 0 Å². The van der Waals surface area contributed by atoms with Crippen LogP contribution in [0.2, 0.25) is 0 Å². The van der Waals surface area contributed by atoms with Gasteiger partial charge in [0.2, 0.25) is 0 Å². The van der Waals surface area contributed by atoms with Crippen molar-refractivity contribution in [3.63, 3.8) is 0 Å². The third-order valence-corrected chi connectivity index (χ3v) is 2.81. The maximum absolute atomic E-state index is 12.7. The molecule has 0 radical (unpaired) electrons. The summed E-state index contributed by atoms with van der Waals surface area (Å²) in [7, 11) is 0. The number of rotatable bonds is 6. The molecule has 0 bridgehead atoms. The van der Waals surface area contributed by atoms with Crippen molar-refractivity contribution >= 4 is 0 Å². The minimum absolute atomic E-state index is 0.203. The van der Waals surface area contributed by atoms with Crippen LogP contribution in [0.3, 0.4) is 0 Å². The van der Waals surface area contributed by atoms with Gasteiger partial charge in [0, 0.05) is 12.1 Å². The van der Waals surface area contributed by atoms with Crippen molar-refractivity contribution in [1.82, 2.24) is 5.32 Å². The van der Waals surface area contributed by atoms with Gasteiger partial charge in [-0.1, -0.05) is 19.1 Å². The van der Waals surface area contributed by atoms with Gasteiger partial charge < -0.3 is 5.32 Å². The molecule has 0 spiro atoms. The Bertz CT molecular complexity index is 367. The minimum Gasteiger partial charge on any atom is -0.310 e. The minimum atomic E-state index is -0.203. The first-order chi connectivity index (χ1) is 8.15. The normalized spacial score (nSPS) is 14.0. The van der Waals surface area contributed by atoms with Gasteiger partial charge in [-0.3, -0.25) is 0 Å². The number of nitrogens with one attached hydrogen (secondary N) is 1. The fourth-order valence-corrected chi connectivity index (χ4v) is 1.87. The van der Waals surface area contributed by atoms with E-state index in [1.54, 1.807) is 12.1 Å². The maximum Gasteiger partial charge on any atom is 0.123 e. The first-order valence-corrected chi connectivity index (χ1v) is 6.03. The Morgan fingerprint density at radius 2 is 2.00 bits per heavy atom. The van der Waals surface area contributed by atoms with E-state index in [0.717, 1.165) is 18.4 Å². The topological polar surface area (TPSA) is 35.8 Å². The molecular formula is C14H19FN2. The number of hydrogen-bond acceptors (Lipinski definition) is 2.